The number of hydrogen-bond acceptors (Lipinski definition) is 4. The van der Waals surface area contributed by atoms with Gasteiger partial charge in [0.1, 0.15) is 0 Å². The molecule has 1 aromatic carbocycles. The fraction of sp³-hybridized carbons (Fsp3) is 0.500. The highest BCUT2D eigenvalue weighted by molar-refractivity contribution is 6.30. The summed E-state index contributed by atoms with van der Waals surface area (Å²) in [5, 5.41) is 5.56. The largest absolute Gasteiger partial charge is 0.338 e. The van der Waals surface area contributed by atoms with E-state index in [4.69, 9.17) is 11.6 Å². The molecule has 0 aromatic heterocycles. The zero-order valence-corrected chi connectivity index (χ0v) is 15.9. The Morgan fingerprint density at radius 1 is 1.08 bits per heavy atom. The summed E-state index contributed by atoms with van der Waals surface area (Å²) < 4.78 is 0. The zero-order valence-electron chi connectivity index (χ0n) is 15.1. The van der Waals surface area contributed by atoms with Crippen LogP contribution in [-0.4, -0.2) is 66.9 Å². The average molecular weight is 381 g/mol. The van der Waals surface area contributed by atoms with E-state index in [0.29, 0.717) is 49.2 Å². The minimum Gasteiger partial charge on any atom is -0.338 e. The smallest absolute Gasteiger partial charge is 0.321 e. The van der Waals surface area contributed by atoms with E-state index in [9.17, 15) is 14.4 Å². The van der Waals surface area contributed by atoms with E-state index in [-0.39, 0.29) is 18.4 Å². The second-order valence-corrected chi connectivity index (χ2v) is 7.16. The Morgan fingerprint density at radius 3 is 2.27 bits per heavy atom. The molecule has 0 aliphatic carbocycles. The van der Waals surface area contributed by atoms with Gasteiger partial charge in [-0.3, -0.25) is 19.8 Å². The lowest BCUT2D eigenvalue weighted by molar-refractivity contribution is -0.121. The SMILES string of the molecule is CC(C)CNC(=O)NC(=O)CN1CCN(C(=O)c2ccc(Cl)cc2)CC1. The highest BCUT2D eigenvalue weighted by Crippen LogP contribution is 2.13. The Morgan fingerprint density at radius 2 is 1.69 bits per heavy atom. The van der Waals surface area contributed by atoms with E-state index in [1.807, 2.05) is 18.7 Å². The van der Waals surface area contributed by atoms with Gasteiger partial charge < -0.3 is 10.2 Å². The van der Waals surface area contributed by atoms with Crippen molar-refractivity contribution in [3.8, 4) is 0 Å². The molecule has 1 aliphatic rings. The topological polar surface area (TPSA) is 81.8 Å². The molecular formula is C18H25ClN4O3. The van der Waals surface area contributed by atoms with Crippen LogP contribution in [0.1, 0.15) is 24.2 Å². The van der Waals surface area contributed by atoms with Gasteiger partial charge >= 0.3 is 6.03 Å². The highest BCUT2D eigenvalue weighted by Gasteiger charge is 2.23. The Bertz CT molecular complexity index is 640. The van der Waals surface area contributed by atoms with Crippen molar-refractivity contribution in [2.24, 2.45) is 5.92 Å². The van der Waals surface area contributed by atoms with E-state index < -0.39 is 6.03 Å². The number of halogens is 1. The van der Waals surface area contributed by atoms with Crippen LogP contribution in [0.15, 0.2) is 24.3 Å². The van der Waals surface area contributed by atoms with Crippen molar-refractivity contribution in [2.45, 2.75) is 13.8 Å². The van der Waals surface area contributed by atoms with Gasteiger partial charge in [-0.05, 0) is 30.2 Å². The summed E-state index contributed by atoms with van der Waals surface area (Å²) in [4.78, 5) is 39.7. The molecule has 142 valence electrons. The Kier molecular flexibility index (Phi) is 7.41. The van der Waals surface area contributed by atoms with Crippen LogP contribution < -0.4 is 10.6 Å². The number of piperazine rings is 1. The second-order valence-electron chi connectivity index (χ2n) is 6.73. The van der Waals surface area contributed by atoms with Crippen LogP contribution in [0.4, 0.5) is 4.79 Å². The van der Waals surface area contributed by atoms with E-state index in [2.05, 4.69) is 10.6 Å². The first-order valence-corrected chi connectivity index (χ1v) is 9.08. The van der Waals surface area contributed by atoms with Gasteiger partial charge in [-0.1, -0.05) is 25.4 Å². The molecule has 7 nitrogen and oxygen atoms in total. The van der Waals surface area contributed by atoms with Crippen LogP contribution in [0.3, 0.4) is 0 Å². The molecule has 1 aromatic rings. The van der Waals surface area contributed by atoms with Crippen LogP contribution >= 0.6 is 11.6 Å². The van der Waals surface area contributed by atoms with Gasteiger partial charge in [0.2, 0.25) is 5.91 Å². The third kappa shape index (κ3) is 6.31. The number of urea groups is 1. The Balaban J connectivity index is 1.74. The molecule has 0 radical (unpaired) electrons. The predicted octanol–water partition coefficient (Wildman–Crippen LogP) is 1.58. The van der Waals surface area contributed by atoms with Crippen molar-refractivity contribution < 1.29 is 14.4 Å². The molecule has 0 spiro atoms. The number of nitrogens with one attached hydrogen (secondary N) is 2. The summed E-state index contributed by atoms with van der Waals surface area (Å²) in [5.41, 5.74) is 0.599. The molecule has 1 aliphatic heterocycles. The lowest BCUT2D eigenvalue weighted by Crippen LogP contribution is -2.52. The maximum atomic E-state index is 12.4. The molecule has 8 heteroatoms. The normalized spacial score (nSPS) is 15.0. The highest BCUT2D eigenvalue weighted by atomic mass is 35.5. The lowest BCUT2D eigenvalue weighted by Gasteiger charge is -2.34. The van der Waals surface area contributed by atoms with Crippen LogP contribution in [0.25, 0.3) is 0 Å². The van der Waals surface area contributed by atoms with Gasteiger partial charge in [0.15, 0.2) is 0 Å². The van der Waals surface area contributed by atoms with Crippen molar-refractivity contribution in [1.29, 1.82) is 0 Å². The number of hydrogen-bond donors (Lipinski definition) is 2. The van der Waals surface area contributed by atoms with Gasteiger partial charge in [0.05, 0.1) is 6.54 Å². The molecule has 0 saturated carbocycles. The van der Waals surface area contributed by atoms with E-state index >= 15 is 0 Å². The molecule has 1 fully saturated rings. The number of carbonyl (C=O) groups is 3. The standard InChI is InChI=1S/C18H25ClN4O3/c1-13(2)11-20-18(26)21-16(24)12-22-7-9-23(10-8-22)17(25)14-3-5-15(19)6-4-14/h3-6,13H,7-12H2,1-2H3,(H2,20,21,24,26). The van der Waals surface area contributed by atoms with Gasteiger partial charge in [-0.25, -0.2) is 4.79 Å². The molecule has 2 N–H and O–H groups in total. The van der Waals surface area contributed by atoms with Crippen molar-refractivity contribution in [3.05, 3.63) is 34.9 Å². The van der Waals surface area contributed by atoms with E-state index in [0.717, 1.165) is 0 Å². The summed E-state index contributed by atoms with van der Waals surface area (Å²) in [7, 11) is 0. The fourth-order valence-electron chi connectivity index (χ4n) is 2.59. The van der Waals surface area contributed by atoms with Crippen LogP contribution in [0.5, 0.6) is 0 Å². The molecule has 1 heterocycles. The maximum absolute atomic E-state index is 12.4. The molecule has 0 bridgehead atoms. The summed E-state index contributed by atoms with van der Waals surface area (Å²) >= 11 is 5.84. The molecule has 2 rings (SSSR count). The fourth-order valence-corrected chi connectivity index (χ4v) is 2.72. The molecule has 0 atom stereocenters. The van der Waals surface area contributed by atoms with Crippen molar-refractivity contribution >= 4 is 29.4 Å². The molecule has 4 amide bonds. The van der Waals surface area contributed by atoms with Gasteiger partial charge in [0, 0.05) is 43.3 Å². The van der Waals surface area contributed by atoms with E-state index in [1.54, 1.807) is 29.2 Å². The number of imide groups is 1. The van der Waals surface area contributed by atoms with Crippen LogP contribution in [-0.2, 0) is 4.79 Å². The minimum absolute atomic E-state index is 0.0427. The van der Waals surface area contributed by atoms with Gasteiger partial charge in [-0.15, -0.1) is 0 Å². The van der Waals surface area contributed by atoms with Crippen molar-refractivity contribution in [2.75, 3.05) is 39.3 Å². The number of carbonyl (C=O) groups excluding carboxylic acids is 3. The maximum Gasteiger partial charge on any atom is 0.321 e. The molecule has 26 heavy (non-hydrogen) atoms. The number of amides is 4. The van der Waals surface area contributed by atoms with Crippen molar-refractivity contribution in [3.63, 3.8) is 0 Å². The molecule has 0 unspecified atom stereocenters. The van der Waals surface area contributed by atoms with E-state index in [1.165, 1.54) is 0 Å². The van der Waals surface area contributed by atoms with Crippen LogP contribution in [0.2, 0.25) is 5.02 Å². The second kappa shape index (κ2) is 9.54. The summed E-state index contributed by atoms with van der Waals surface area (Å²) in [6.45, 7) is 6.85. The molecule has 1 saturated heterocycles. The zero-order chi connectivity index (χ0) is 19.1. The Labute approximate surface area is 158 Å². The first kappa shape index (κ1) is 20.2. The van der Waals surface area contributed by atoms with Gasteiger partial charge in [0.25, 0.3) is 5.91 Å². The minimum atomic E-state index is -0.472. The number of benzene rings is 1. The number of rotatable bonds is 5. The first-order chi connectivity index (χ1) is 12.3. The Hall–Kier alpha value is -2.12. The summed E-state index contributed by atoms with van der Waals surface area (Å²) in [6, 6.07) is 6.33. The average Bonchev–Trinajstić information content (AvgIpc) is 2.60. The van der Waals surface area contributed by atoms with Gasteiger partial charge in [-0.2, -0.15) is 0 Å². The number of nitrogens with zero attached hydrogens (tertiary/aromatic N) is 2. The molecular weight excluding hydrogens is 356 g/mol. The van der Waals surface area contributed by atoms with Crippen molar-refractivity contribution in [1.82, 2.24) is 20.4 Å². The summed E-state index contributed by atoms with van der Waals surface area (Å²) in [6.07, 6.45) is 0. The third-order valence-corrected chi connectivity index (χ3v) is 4.29. The quantitative estimate of drug-likeness (QED) is 0.812. The monoisotopic (exact) mass is 380 g/mol. The summed E-state index contributed by atoms with van der Waals surface area (Å²) in [5.74, 6) is -0.0651. The predicted molar refractivity (Wildman–Crippen MR) is 100 cm³/mol. The van der Waals surface area contributed by atoms with Crippen LogP contribution in [0, 0.1) is 5.92 Å². The first-order valence-electron chi connectivity index (χ1n) is 8.70. The lowest BCUT2D eigenvalue weighted by atomic mass is 10.2. The third-order valence-electron chi connectivity index (χ3n) is 4.04.